The summed E-state index contributed by atoms with van der Waals surface area (Å²) in [7, 11) is 0. The zero-order chi connectivity index (χ0) is 21.3. The van der Waals surface area contributed by atoms with E-state index in [1.165, 1.54) is 5.56 Å². The summed E-state index contributed by atoms with van der Waals surface area (Å²) in [6, 6.07) is 14.3. The van der Waals surface area contributed by atoms with Crippen LogP contribution in [-0.2, 0) is 16.8 Å². The van der Waals surface area contributed by atoms with Gasteiger partial charge in [0.25, 0.3) is 0 Å². The van der Waals surface area contributed by atoms with Gasteiger partial charge in [0.05, 0.1) is 24.7 Å². The Kier molecular flexibility index (Phi) is 5.59. The fourth-order valence-corrected chi connectivity index (χ4v) is 5.35. The Morgan fingerprint density at radius 3 is 2.84 bits per heavy atom. The molecular formula is C25H30N2O4. The van der Waals surface area contributed by atoms with Crippen molar-refractivity contribution in [2.45, 2.75) is 43.7 Å². The number of aliphatic hydroxyl groups is 1. The maximum absolute atomic E-state index is 13.3. The highest BCUT2D eigenvalue weighted by molar-refractivity contribution is 5.79. The number of nitrogens with one attached hydrogen (secondary N) is 1. The number of rotatable bonds is 5. The third kappa shape index (κ3) is 3.79. The third-order valence-corrected chi connectivity index (χ3v) is 6.95. The molecule has 1 saturated heterocycles. The van der Waals surface area contributed by atoms with Crippen molar-refractivity contribution in [3.05, 3.63) is 59.2 Å². The predicted molar refractivity (Wildman–Crippen MR) is 117 cm³/mol. The van der Waals surface area contributed by atoms with Crippen LogP contribution in [0.3, 0.4) is 0 Å². The lowest BCUT2D eigenvalue weighted by Gasteiger charge is -2.39. The first-order valence-electron chi connectivity index (χ1n) is 11.3. The quantitative estimate of drug-likeness (QED) is 0.775. The highest BCUT2D eigenvalue weighted by Gasteiger charge is 2.37. The number of aryl methyl sites for hydroxylation is 1. The summed E-state index contributed by atoms with van der Waals surface area (Å²) in [5.41, 5.74) is 2.94. The van der Waals surface area contributed by atoms with Gasteiger partial charge in [-0.25, -0.2) is 0 Å². The van der Waals surface area contributed by atoms with Crippen LogP contribution in [0.25, 0.3) is 0 Å². The molecular weight excluding hydrogens is 392 g/mol. The topological polar surface area (TPSA) is 71.0 Å². The Hall–Kier alpha value is -2.57. The fourth-order valence-electron chi connectivity index (χ4n) is 5.35. The second kappa shape index (κ2) is 8.52. The number of ether oxygens (including phenoxy) is 2. The van der Waals surface area contributed by atoms with Crippen molar-refractivity contribution in [2.75, 3.05) is 32.9 Å². The Morgan fingerprint density at radius 2 is 1.97 bits per heavy atom. The Bertz CT molecular complexity index is 962. The van der Waals surface area contributed by atoms with Gasteiger partial charge in [-0.1, -0.05) is 30.3 Å². The smallest absolute Gasteiger partial charge is 0.237 e. The number of carbonyl (C=O) groups is 1. The number of amides is 1. The SMILES string of the molecule is O=C(CN[C@]1(CO)CCCc2ccccc21)N1CCC[C@@H]1c1ccc2c(c1)OCCO2. The summed E-state index contributed by atoms with van der Waals surface area (Å²) >= 11 is 0. The molecule has 2 aromatic rings. The van der Waals surface area contributed by atoms with Gasteiger partial charge in [-0.15, -0.1) is 0 Å². The van der Waals surface area contributed by atoms with Gasteiger partial charge in [0.2, 0.25) is 5.91 Å². The lowest BCUT2D eigenvalue weighted by atomic mass is 9.77. The Morgan fingerprint density at radius 1 is 1.13 bits per heavy atom. The molecule has 2 N–H and O–H groups in total. The molecule has 164 valence electrons. The van der Waals surface area contributed by atoms with Gasteiger partial charge in [-0.3, -0.25) is 10.1 Å². The number of carbonyl (C=O) groups excluding carboxylic acids is 1. The molecule has 1 aliphatic carbocycles. The molecule has 0 unspecified atom stereocenters. The minimum Gasteiger partial charge on any atom is -0.486 e. The molecule has 2 aliphatic heterocycles. The molecule has 0 aromatic heterocycles. The summed E-state index contributed by atoms with van der Waals surface area (Å²) in [4.78, 5) is 15.2. The highest BCUT2D eigenvalue weighted by Crippen LogP contribution is 2.39. The lowest BCUT2D eigenvalue weighted by molar-refractivity contribution is -0.131. The van der Waals surface area contributed by atoms with Crippen LogP contribution in [0.4, 0.5) is 0 Å². The van der Waals surface area contributed by atoms with E-state index in [-0.39, 0.29) is 25.1 Å². The standard InChI is InChI=1S/C25H30N2O4/c28-17-25(11-3-6-18-5-1-2-7-20(18)25)26-16-24(29)27-12-4-8-21(27)19-9-10-22-23(15-19)31-14-13-30-22/h1-2,5,7,9-10,15,21,26,28H,3-4,6,8,11-14,16-17H2/t21-,25+/m1/s1. The van der Waals surface area contributed by atoms with E-state index < -0.39 is 5.54 Å². The maximum Gasteiger partial charge on any atom is 0.237 e. The molecule has 0 saturated carbocycles. The van der Waals surface area contributed by atoms with Crippen molar-refractivity contribution in [1.82, 2.24) is 10.2 Å². The highest BCUT2D eigenvalue weighted by atomic mass is 16.6. The van der Waals surface area contributed by atoms with E-state index in [0.29, 0.717) is 13.2 Å². The molecule has 1 amide bonds. The van der Waals surface area contributed by atoms with Gasteiger partial charge in [0.15, 0.2) is 11.5 Å². The number of nitrogens with zero attached hydrogens (tertiary/aromatic N) is 1. The zero-order valence-electron chi connectivity index (χ0n) is 17.8. The van der Waals surface area contributed by atoms with Crippen molar-refractivity contribution in [1.29, 1.82) is 0 Å². The third-order valence-electron chi connectivity index (χ3n) is 6.95. The van der Waals surface area contributed by atoms with E-state index in [4.69, 9.17) is 9.47 Å². The summed E-state index contributed by atoms with van der Waals surface area (Å²) < 4.78 is 11.4. The van der Waals surface area contributed by atoms with Crippen LogP contribution >= 0.6 is 0 Å². The molecule has 1 fully saturated rings. The summed E-state index contributed by atoms with van der Waals surface area (Å²) in [5, 5.41) is 13.7. The largest absolute Gasteiger partial charge is 0.486 e. The Labute approximate surface area is 183 Å². The second-order valence-electron chi connectivity index (χ2n) is 8.75. The average molecular weight is 423 g/mol. The van der Waals surface area contributed by atoms with Gasteiger partial charge in [-0.2, -0.15) is 0 Å². The van der Waals surface area contributed by atoms with Crippen molar-refractivity contribution in [3.8, 4) is 11.5 Å². The van der Waals surface area contributed by atoms with E-state index in [9.17, 15) is 9.90 Å². The number of hydrogen-bond donors (Lipinski definition) is 2. The van der Waals surface area contributed by atoms with Crippen LogP contribution in [0.2, 0.25) is 0 Å². The van der Waals surface area contributed by atoms with Gasteiger partial charge in [0, 0.05) is 6.54 Å². The minimum absolute atomic E-state index is 0.0110. The number of benzene rings is 2. The monoisotopic (exact) mass is 422 g/mol. The van der Waals surface area contributed by atoms with Crippen LogP contribution in [0.15, 0.2) is 42.5 Å². The van der Waals surface area contributed by atoms with Gasteiger partial charge in [-0.05, 0) is 60.9 Å². The van der Waals surface area contributed by atoms with E-state index in [1.807, 2.05) is 35.2 Å². The lowest BCUT2D eigenvalue weighted by Crippen LogP contribution is -2.51. The number of aliphatic hydroxyl groups excluding tert-OH is 1. The van der Waals surface area contributed by atoms with E-state index in [1.54, 1.807) is 0 Å². The minimum atomic E-state index is -0.545. The molecule has 0 radical (unpaired) electrons. The van der Waals surface area contributed by atoms with Gasteiger partial charge >= 0.3 is 0 Å². The average Bonchev–Trinajstić information content (AvgIpc) is 3.32. The second-order valence-corrected chi connectivity index (χ2v) is 8.75. The number of hydrogen-bond acceptors (Lipinski definition) is 5. The molecule has 5 rings (SSSR count). The number of fused-ring (bicyclic) bond motifs is 2. The molecule has 0 bridgehead atoms. The van der Waals surface area contributed by atoms with Crippen LogP contribution in [0, 0.1) is 0 Å². The normalized spacial score (nSPS) is 24.7. The first-order chi connectivity index (χ1) is 15.2. The molecule has 2 heterocycles. The first kappa shape index (κ1) is 20.3. The fraction of sp³-hybridized carbons (Fsp3) is 0.480. The van der Waals surface area contributed by atoms with Crippen LogP contribution in [-0.4, -0.2) is 48.8 Å². The Balaban J connectivity index is 1.31. The molecule has 0 spiro atoms. The molecule has 31 heavy (non-hydrogen) atoms. The van der Waals surface area contributed by atoms with Crippen LogP contribution in [0.5, 0.6) is 11.5 Å². The molecule has 6 nitrogen and oxygen atoms in total. The van der Waals surface area contributed by atoms with Crippen molar-refractivity contribution in [3.63, 3.8) is 0 Å². The number of likely N-dealkylation sites (tertiary alicyclic amines) is 1. The predicted octanol–water partition coefficient (Wildman–Crippen LogP) is 2.94. The van der Waals surface area contributed by atoms with Crippen LogP contribution < -0.4 is 14.8 Å². The van der Waals surface area contributed by atoms with Gasteiger partial charge < -0.3 is 19.5 Å². The summed E-state index contributed by atoms with van der Waals surface area (Å²) in [6.45, 7) is 2.08. The zero-order valence-corrected chi connectivity index (χ0v) is 17.8. The molecule has 2 aromatic carbocycles. The molecule has 3 aliphatic rings. The van der Waals surface area contributed by atoms with Crippen molar-refractivity contribution < 1.29 is 19.4 Å². The van der Waals surface area contributed by atoms with Gasteiger partial charge in [0.1, 0.15) is 13.2 Å². The van der Waals surface area contributed by atoms with E-state index in [2.05, 4.69) is 17.4 Å². The summed E-state index contributed by atoms with van der Waals surface area (Å²) in [6.07, 6.45) is 4.78. The van der Waals surface area contributed by atoms with Crippen molar-refractivity contribution in [2.24, 2.45) is 0 Å². The van der Waals surface area contributed by atoms with E-state index >= 15 is 0 Å². The van der Waals surface area contributed by atoms with Crippen molar-refractivity contribution >= 4 is 5.91 Å². The maximum atomic E-state index is 13.3. The van der Waals surface area contributed by atoms with Crippen LogP contribution in [0.1, 0.15) is 48.4 Å². The molecule has 2 atom stereocenters. The molecule has 6 heteroatoms. The van der Waals surface area contributed by atoms with E-state index in [0.717, 1.165) is 61.3 Å². The summed E-state index contributed by atoms with van der Waals surface area (Å²) in [5.74, 6) is 1.61. The first-order valence-corrected chi connectivity index (χ1v) is 11.3.